The number of hydrogen-bond donors (Lipinski definition) is 1. The first kappa shape index (κ1) is 21.6. The molecule has 30 heavy (non-hydrogen) atoms. The quantitative estimate of drug-likeness (QED) is 0.600. The van der Waals surface area contributed by atoms with Gasteiger partial charge in [0.25, 0.3) is 15.9 Å². The molecule has 1 N–H and O–H groups in total. The Hall–Kier alpha value is -3.12. The smallest absolute Gasteiger partial charge is 0.264 e. The van der Waals surface area contributed by atoms with Crippen LogP contribution in [-0.2, 0) is 10.0 Å². The van der Waals surface area contributed by atoms with Crippen LogP contribution in [0.4, 0.5) is 5.69 Å². The molecular weight excluding hydrogens is 396 g/mol. The van der Waals surface area contributed by atoms with Crippen molar-refractivity contribution in [3.05, 3.63) is 95.6 Å². The predicted molar refractivity (Wildman–Crippen MR) is 120 cm³/mol. The first-order valence-electron chi connectivity index (χ1n) is 9.88. The second kappa shape index (κ2) is 9.13. The van der Waals surface area contributed by atoms with Crippen LogP contribution in [0, 0.1) is 6.92 Å². The van der Waals surface area contributed by atoms with Crippen molar-refractivity contribution < 1.29 is 13.2 Å². The summed E-state index contributed by atoms with van der Waals surface area (Å²) in [5, 5.41) is 2.98. The van der Waals surface area contributed by atoms with Gasteiger partial charge in [0.15, 0.2) is 0 Å². The van der Waals surface area contributed by atoms with Gasteiger partial charge in [0.2, 0.25) is 0 Å². The summed E-state index contributed by atoms with van der Waals surface area (Å²) in [5.74, 6) is -0.205. The number of carbonyl (C=O) groups is 1. The molecule has 0 bridgehead atoms. The molecule has 0 unspecified atom stereocenters. The fourth-order valence-corrected chi connectivity index (χ4v) is 4.70. The predicted octanol–water partition coefficient (Wildman–Crippen LogP) is 4.70. The maximum Gasteiger partial charge on any atom is 0.264 e. The van der Waals surface area contributed by atoms with Crippen molar-refractivity contribution in [3.63, 3.8) is 0 Å². The first-order valence-corrected chi connectivity index (χ1v) is 11.3. The lowest BCUT2D eigenvalue weighted by Crippen LogP contribution is -2.31. The Bertz CT molecular complexity index is 1090. The Morgan fingerprint density at radius 1 is 0.933 bits per heavy atom. The summed E-state index contributed by atoms with van der Waals surface area (Å²) in [7, 11) is -3.66. The Balaban J connectivity index is 1.76. The normalized spacial score (nSPS) is 12.2. The van der Waals surface area contributed by atoms with E-state index in [9.17, 15) is 13.2 Å². The SMILES string of the molecule is CCN(c1ccc(C(=O)N[C@@H](C)c2ccc(C)cc2)cc1)S(=O)(=O)c1ccccc1. The van der Waals surface area contributed by atoms with Crippen LogP contribution in [0.15, 0.2) is 83.8 Å². The largest absolute Gasteiger partial charge is 0.346 e. The molecule has 0 heterocycles. The van der Waals surface area contributed by atoms with Gasteiger partial charge in [-0.05, 0) is 62.7 Å². The number of nitrogens with one attached hydrogen (secondary N) is 1. The van der Waals surface area contributed by atoms with Crippen molar-refractivity contribution >= 4 is 21.6 Å². The van der Waals surface area contributed by atoms with Crippen molar-refractivity contribution in [1.29, 1.82) is 0 Å². The van der Waals surface area contributed by atoms with Gasteiger partial charge in [-0.3, -0.25) is 9.10 Å². The third-order valence-corrected chi connectivity index (χ3v) is 6.88. The van der Waals surface area contributed by atoms with Gasteiger partial charge >= 0.3 is 0 Å². The van der Waals surface area contributed by atoms with Crippen LogP contribution in [0.1, 0.15) is 41.4 Å². The molecule has 156 valence electrons. The van der Waals surface area contributed by atoms with E-state index in [1.807, 2.05) is 38.1 Å². The number of sulfonamides is 1. The van der Waals surface area contributed by atoms with Gasteiger partial charge in [0, 0.05) is 12.1 Å². The van der Waals surface area contributed by atoms with Crippen molar-refractivity contribution in [3.8, 4) is 0 Å². The van der Waals surface area contributed by atoms with E-state index in [1.165, 1.54) is 9.87 Å². The second-order valence-electron chi connectivity index (χ2n) is 7.14. The van der Waals surface area contributed by atoms with Crippen LogP contribution in [-0.4, -0.2) is 20.9 Å². The molecule has 5 nitrogen and oxygen atoms in total. The summed E-state index contributed by atoms with van der Waals surface area (Å²) < 4.78 is 27.2. The molecular formula is C24H26N2O3S. The fourth-order valence-electron chi connectivity index (χ4n) is 3.21. The van der Waals surface area contributed by atoms with E-state index < -0.39 is 10.0 Å². The van der Waals surface area contributed by atoms with Crippen LogP contribution in [0.25, 0.3) is 0 Å². The minimum absolute atomic E-state index is 0.136. The van der Waals surface area contributed by atoms with Crippen molar-refractivity contribution in [1.82, 2.24) is 5.32 Å². The summed E-state index contributed by atoms with van der Waals surface area (Å²) >= 11 is 0. The molecule has 1 amide bonds. The standard InChI is InChI=1S/C24H26N2O3S/c1-4-26(30(28,29)23-8-6-5-7-9-23)22-16-14-21(15-17-22)24(27)25-19(3)20-12-10-18(2)11-13-20/h5-17,19H,4H2,1-3H3,(H,25,27)/t19-/m0/s1. The van der Waals surface area contributed by atoms with E-state index in [0.717, 1.165) is 5.56 Å². The highest BCUT2D eigenvalue weighted by Gasteiger charge is 2.23. The van der Waals surface area contributed by atoms with Gasteiger partial charge in [-0.2, -0.15) is 0 Å². The highest BCUT2D eigenvalue weighted by atomic mass is 32.2. The van der Waals surface area contributed by atoms with Gasteiger partial charge in [-0.1, -0.05) is 48.0 Å². The Morgan fingerprint density at radius 2 is 1.53 bits per heavy atom. The minimum Gasteiger partial charge on any atom is -0.346 e. The molecule has 3 aromatic rings. The Labute approximate surface area is 178 Å². The van der Waals surface area contributed by atoms with Crippen LogP contribution in [0.2, 0.25) is 0 Å². The lowest BCUT2D eigenvalue weighted by atomic mass is 10.1. The number of benzene rings is 3. The number of rotatable bonds is 7. The van der Waals surface area contributed by atoms with Gasteiger partial charge in [0.1, 0.15) is 0 Å². The lowest BCUT2D eigenvalue weighted by Gasteiger charge is -2.23. The van der Waals surface area contributed by atoms with Crippen molar-refractivity contribution in [2.75, 3.05) is 10.8 Å². The zero-order valence-corrected chi connectivity index (χ0v) is 18.2. The Kier molecular flexibility index (Phi) is 6.57. The average molecular weight is 423 g/mol. The molecule has 0 aliphatic rings. The Morgan fingerprint density at radius 3 is 2.10 bits per heavy atom. The fraction of sp³-hybridized carbons (Fsp3) is 0.208. The van der Waals surface area contributed by atoms with Crippen molar-refractivity contribution in [2.24, 2.45) is 0 Å². The molecule has 0 saturated carbocycles. The van der Waals surface area contributed by atoms with Crippen LogP contribution in [0.5, 0.6) is 0 Å². The third-order valence-electron chi connectivity index (χ3n) is 4.96. The van der Waals surface area contributed by atoms with Crippen LogP contribution in [0.3, 0.4) is 0 Å². The highest BCUT2D eigenvalue weighted by Crippen LogP contribution is 2.24. The maximum atomic E-state index is 13.0. The zero-order chi connectivity index (χ0) is 21.7. The topological polar surface area (TPSA) is 66.5 Å². The third kappa shape index (κ3) is 4.71. The maximum absolute atomic E-state index is 13.0. The van der Waals surface area contributed by atoms with Gasteiger partial charge in [-0.15, -0.1) is 0 Å². The van der Waals surface area contributed by atoms with E-state index in [4.69, 9.17) is 0 Å². The minimum atomic E-state index is -3.66. The van der Waals surface area contributed by atoms with Gasteiger partial charge in [0.05, 0.1) is 16.6 Å². The molecule has 0 aliphatic heterocycles. The lowest BCUT2D eigenvalue weighted by molar-refractivity contribution is 0.0940. The molecule has 0 saturated heterocycles. The first-order chi connectivity index (χ1) is 14.3. The molecule has 3 aromatic carbocycles. The van der Waals surface area contributed by atoms with Gasteiger partial charge in [-0.25, -0.2) is 8.42 Å². The monoisotopic (exact) mass is 422 g/mol. The number of amides is 1. The molecule has 3 rings (SSSR count). The highest BCUT2D eigenvalue weighted by molar-refractivity contribution is 7.92. The van der Waals surface area contributed by atoms with Gasteiger partial charge < -0.3 is 5.32 Å². The van der Waals surface area contributed by atoms with E-state index >= 15 is 0 Å². The molecule has 0 aromatic heterocycles. The average Bonchev–Trinajstić information content (AvgIpc) is 2.75. The molecule has 0 radical (unpaired) electrons. The summed E-state index contributed by atoms with van der Waals surface area (Å²) in [6.07, 6.45) is 0. The van der Waals surface area contributed by atoms with E-state index in [2.05, 4.69) is 5.32 Å². The van der Waals surface area contributed by atoms with Crippen LogP contribution >= 0.6 is 0 Å². The van der Waals surface area contributed by atoms with Crippen LogP contribution < -0.4 is 9.62 Å². The zero-order valence-electron chi connectivity index (χ0n) is 17.4. The summed E-state index contributed by atoms with van der Waals surface area (Å²) in [5.41, 5.74) is 3.19. The summed E-state index contributed by atoms with van der Waals surface area (Å²) in [6.45, 7) is 6.02. The molecule has 0 fully saturated rings. The number of nitrogens with zero attached hydrogens (tertiary/aromatic N) is 1. The van der Waals surface area contributed by atoms with E-state index in [0.29, 0.717) is 11.3 Å². The molecule has 1 atom stereocenters. The van der Waals surface area contributed by atoms with Crippen molar-refractivity contribution in [2.45, 2.75) is 31.7 Å². The number of carbonyl (C=O) groups excluding carboxylic acids is 1. The second-order valence-corrected chi connectivity index (χ2v) is 9.00. The summed E-state index contributed by atoms with van der Waals surface area (Å²) in [6, 6.07) is 22.8. The van der Waals surface area contributed by atoms with E-state index in [1.54, 1.807) is 61.5 Å². The molecule has 6 heteroatoms. The molecule has 0 aliphatic carbocycles. The number of aryl methyl sites for hydroxylation is 1. The number of anilines is 1. The van der Waals surface area contributed by atoms with E-state index in [-0.39, 0.29) is 23.4 Å². The number of hydrogen-bond acceptors (Lipinski definition) is 3. The summed E-state index contributed by atoms with van der Waals surface area (Å²) in [4.78, 5) is 12.9. The molecule has 0 spiro atoms.